The third-order valence-electron chi connectivity index (χ3n) is 5.04. The summed E-state index contributed by atoms with van der Waals surface area (Å²) in [7, 11) is -3.45. The minimum atomic E-state index is -3.45. The Morgan fingerprint density at radius 1 is 0.909 bits per heavy atom. The van der Waals surface area contributed by atoms with Crippen LogP contribution in [0.2, 0.25) is 0 Å². The van der Waals surface area contributed by atoms with Gasteiger partial charge in [-0.2, -0.15) is 5.10 Å². The van der Waals surface area contributed by atoms with Crippen molar-refractivity contribution in [1.29, 1.82) is 0 Å². The fourth-order valence-electron chi connectivity index (χ4n) is 3.51. The largest absolute Gasteiger partial charge is 0.282 e. The molecule has 1 aromatic heterocycles. The molecule has 33 heavy (non-hydrogen) atoms. The molecule has 0 spiro atoms. The van der Waals surface area contributed by atoms with Crippen molar-refractivity contribution < 1.29 is 22.1 Å². The average molecular weight is 469 g/mol. The number of hydrogen-bond acceptors (Lipinski definition) is 5. The van der Waals surface area contributed by atoms with E-state index in [-0.39, 0.29) is 16.1 Å². The molecule has 7 nitrogen and oxygen atoms in total. The van der Waals surface area contributed by atoms with Gasteiger partial charge in [-0.3, -0.25) is 10.1 Å². The van der Waals surface area contributed by atoms with Gasteiger partial charge >= 0.3 is 0 Å². The summed E-state index contributed by atoms with van der Waals surface area (Å²) in [6, 6.07) is 19.7. The highest BCUT2D eigenvalue weighted by Crippen LogP contribution is 2.40. The fourth-order valence-corrected chi connectivity index (χ4v) is 4.14. The maximum absolute atomic E-state index is 14.1. The van der Waals surface area contributed by atoms with Crippen LogP contribution in [0.3, 0.4) is 0 Å². The van der Waals surface area contributed by atoms with Crippen LogP contribution in [-0.2, 0) is 9.84 Å². The average Bonchev–Trinajstić information content (AvgIpc) is 3.20. The summed E-state index contributed by atoms with van der Waals surface area (Å²) in [5, 5.41) is 15.2. The molecule has 0 unspecified atom stereocenters. The van der Waals surface area contributed by atoms with Crippen molar-refractivity contribution in [3.63, 3.8) is 0 Å². The van der Waals surface area contributed by atoms with E-state index in [9.17, 15) is 27.3 Å². The van der Waals surface area contributed by atoms with E-state index >= 15 is 0 Å². The van der Waals surface area contributed by atoms with Gasteiger partial charge in [0.05, 0.1) is 21.2 Å². The Bertz CT molecular complexity index is 1420. The molecular weight excluding hydrogens is 452 g/mol. The lowest BCUT2D eigenvalue weighted by atomic mass is 9.98. The van der Waals surface area contributed by atoms with Crippen LogP contribution in [0.1, 0.15) is 12.1 Å². The molecule has 10 heteroatoms. The minimum Gasteiger partial charge on any atom is -0.258 e. The highest BCUT2D eigenvalue weighted by Gasteiger charge is 2.27. The molecule has 4 rings (SSSR count). The Morgan fingerprint density at radius 2 is 1.52 bits per heavy atom. The zero-order valence-corrected chi connectivity index (χ0v) is 18.0. The molecule has 0 fully saturated rings. The summed E-state index contributed by atoms with van der Waals surface area (Å²) in [6.07, 6.45) is -1.82. The van der Waals surface area contributed by atoms with Crippen molar-refractivity contribution in [2.75, 3.05) is 6.26 Å². The molecule has 0 N–H and O–H groups in total. The van der Waals surface area contributed by atoms with Crippen LogP contribution in [0.4, 0.5) is 14.5 Å². The standard InChI is InChI=1S/C23H17F2N3O4S/c1-33(31,32)19-13-7-16(8-14-19)22-20(15-5-3-2-4-6-15)21(23(24)25)26-27(22)17-9-11-18(12-10-17)28(29)30/h2-14,23H,1H3. The lowest BCUT2D eigenvalue weighted by Gasteiger charge is -2.11. The van der Waals surface area contributed by atoms with E-state index in [1.165, 1.54) is 53.2 Å². The lowest BCUT2D eigenvalue weighted by Crippen LogP contribution is -2.01. The number of non-ortho nitro benzene ring substituents is 1. The molecule has 0 saturated heterocycles. The quantitative estimate of drug-likeness (QED) is 0.276. The number of benzene rings is 3. The second-order valence-electron chi connectivity index (χ2n) is 7.26. The van der Waals surface area contributed by atoms with Gasteiger partial charge in [-0.25, -0.2) is 21.9 Å². The summed E-state index contributed by atoms with van der Waals surface area (Å²) in [5.41, 5.74) is 1.19. The van der Waals surface area contributed by atoms with Gasteiger partial charge in [-0.05, 0) is 29.8 Å². The highest BCUT2D eigenvalue weighted by atomic mass is 32.2. The zero-order valence-electron chi connectivity index (χ0n) is 17.2. The molecule has 0 bridgehead atoms. The van der Waals surface area contributed by atoms with Crippen LogP contribution in [-0.4, -0.2) is 29.4 Å². The second-order valence-corrected chi connectivity index (χ2v) is 9.27. The predicted molar refractivity (Wildman–Crippen MR) is 119 cm³/mol. The monoisotopic (exact) mass is 469 g/mol. The normalized spacial score (nSPS) is 11.6. The molecule has 4 aromatic rings. The molecule has 1 heterocycles. The summed E-state index contributed by atoms with van der Waals surface area (Å²) in [4.78, 5) is 10.5. The minimum absolute atomic E-state index is 0.0861. The molecule has 0 aliphatic rings. The van der Waals surface area contributed by atoms with Gasteiger partial charge in [-0.1, -0.05) is 42.5 Å². The smallest absolute Gasteiger partial charge is 0.258 e. The van der Waals surface area contributed by atoms with E-state index in [2.05, 4.69) is 5.10 Å². The Balaban J connectivity index is 2.01. The summed E-state index contributed by atoms with van der Waals surface area (Å²) >= 11 is 0. The SMILES string of the molecule is CS(=O)(=O)c1ccc(-c2c(-c3ccccc3)c(C(F)F)nn2-c2ccc([N+](=O)[O-])cc2)cc1. The van der Waals surface area contributed by atoms with Crippen molar-refractivity contribution in [1.82, 2.24) is 9.78 Å². The highest BCUT2D eigenvalue weighted by molar-refractivity contribution is 7.90. The zero-order chi connectivity index (χ0) is 23.8. The molecule has 0 radical (unpaired) electrons. The van der Waals surface area contributed by atoms with Crippen molar-refractivity contribution in [2.45, 2.75) is 11.3 Å². The number of nitro groups is 1. The predicted octanol–water partition coefficient (Wildman–Crippen LogP) is 5.46. The number of nitrogens with zero attached hydrogens (tertiary/aromatic N) is 3. The van der Waals surface area contributed by atoms with E-state index in [0.29, 0.717) is 22.5 Å². The Kier molecular flexibility index (Phi) is 5.77. The first-order chi connectivity index (χ1) is 15.7. The van der Waals surface area contributed by atoms with E-state index < -0.39 is 26.9 Å². The molecule has 0 saturated carbocycles. The maximum Gasteiger partial charge on any atom is 0.282 e. The molecule has 0 amide bonds. The van der Waals surface area contributed by atoms with Gasteiger partial charge in [0, 0.05) is 29.5 Å². The fraction of sp³-hybridized carbons (Fsp3) is 0.0870. The van der Waals surface area contributed by atoms with E-state index in [4.69, 9.17) is 0 Å². The molecule has 0 aliphatic heterocycles. The third-order valence-corrected chi connectivity index (χ3v) is 6.17. The van der Waals surface area contributed by atoms with Crippen molar-refractivity contribution >= 4 is 15.5 Å². The van der Waals surface area contributed by atoms with Crippen LogP contribution in [0.5, 0.6) is 0 Å². The Morgan fingerprint density at radius 3 is 2.03 bits per heavy atom. The van der Waals surface area contributed by atoms with Crippen molar-refractivity contribution in [2.24, 2.45) is 0 Å². The molecule has 3 aromatic carbocycles. The van der Waals surface area contributed by atoms with Gasteiger partial charge in [-0.15, -0.1) is 0 Å². The van der Waals surface area contributed by atoms with Crippen LogP contribution in [0, 0.1) is 10.1 Å². The number of halogens is 2. The first-order valence-electron chi connectivity index (χ1n) is 9.68. The number of nitro benzene ring substituents is 1. The number of hydrogen-bond donors (Lipinski definition) is 0. The van der Waals surface area contributed by atoms with Gasteiger partial charge in [0.2, 0.25) is 0 Å². The maximum atomic E-state index is 14.1. The molecule has 168 valence electrons. The van der Waals surface area contributed by atoms with E-state index in [1.807, 2.05) is 0 Å². The first kappa shape index (κ1) is 22.3. The van der Waals surface area contributed by atoms with Gasteiger partial charge < -0.3 is 0 Å². The molecule has 0 atom stereocenters. The second kappa shape index (κ2) is 8.55. The number of alkyl halides is 2. The number of aromatic nitrogens is 2. The van der Waals surface area contributed by atoms with Crippen LogP contribution < -0.4 is 0 Å². The van der Waals surface area contributed by atoms with Gasteiger partial charge in [0.25, 0.3) is 12.1 Å². The summed E-state index contributed by atoms with van der Waals surface area (Å²) in [6.45, 7) is 0. The topological polar surface area (TPSA) is 95.1 Å². The lowest BCUT2D eigenvalue weighted by molar-refractivity contribution is -0.384. The van der Waals surface area contributed by atoms with Crippen molar-refractivity contribution in [3.05, 3.63) is 94.7 Å². The van der Waals surface area contributed by atoms with E-state index in [1.54, 1.807) is 30.3 Å². The molecular formula is C23H17F2N3O4S. The number of rotatable bonds is 6. The van der Waals surface area contributed by atoms with Crippen molar-refractivity contribution in [3.8, 4) is 28.1 Å². The Hall–Kier alpha value is -3.92. The summed E-state index contributed by atoms with van der Waals surface area (Å²) in [5.74, 6) is 0. The van der Waals surface area contributed by atoms with Gasteiger partial charge in [0.15, 0.2) is 9.84 Å². The summed E-state index contributed by atoms with van der Waals surface area (Å²) < 4.78 is 53.2. The van der Waals surface area contributed by atoms with Gasteiger partial charge in [0.1, 0.15) is 5.69 Å². The van der Waals surface area contributed by atoms with Crippen LogP contribution in [0.15, 0.2) is 83.8 Å². The first-order valence-corrected chi connectivity index (χ1v) is 11.6. The van der Waals surface area contributed by atoms with Crippen LogP contribution in [0.25, 0.3) is 28.1 Å². The Labute approximate surface area is 188 Å². The third kappa shape index (κ3) is 4.37. The molecule has 0 aliphatic carbocycles. The number of sulfone groups is 1. The van der Waals surface area contributed by atoms with E-state index in [0.717, 1.165) is 6.26 Å². The van der Waals surface area contributed by atoms with Crippen LogP contribution >= 0.6 is 0 Å².